The summed E-state index contributed by atoms with van der Waals surface area (Å²) in [7, 11) is 0. The third-order valence-corrected chi connectivity index (χ3v) is 4.07. The van der Waals surface area contributed by atoms with Gasteiger partial charge in [-0.1, -0.05) is 6.92 Å². The summed E-state index contributed by atoms with van der Waals surface area (Å²) in [4.78, 5) is 2.22. The van der Waals surface area contributed by atoms with Crippen molar-refractivity contribution in [3.63, 3.8) is 0 Å². The monoisotopic (exact) mass is 388 g/mol. The van der Waals surface area contributed by atoms with Crippen molar-refractivity contribution in [1.29, 1.82) is 0 Å². The van der Waals surface area contributed by atoms with Gasteiger partial charge in [-0.25, -0.2) is 4.39 Å². The Morgan fingerprint density at radius 2 is 1.95 bits per heavy atom. The lowest BCUT2D eigenvalue weighted by molar-refractivity contribution is 0.163. The van der Waals surface area contributed by atoms with Crippen molar-refractivity contribution < 1.29 is 9.50 Å². The van der Waals surface area contributed by atoms with Crippen LogP contribution in [0.4, 0.5) is 4.39 Å². The van der Waals surface area contributed by atoms with Gasteiger partial charge in [-0.3, -0.25) is 4.90 Å². The van der Waals surface area contributed by atoms with E-state index in [4.69, 9.17) is 0 Å². The van der Waals surface area contributed by atoms with Crippen LogP contribution in [0.3, 0.4) is 0 Å². The molecule has 1 aliphatic heterocycles. The molecule has 3 nitrogen and oxygen atoms in total. The molecule has 0 saturated carbocycles. The van der Waals surface area contributed by atoms with Crippen molar-refractivity contribution in [3.05, 3.63) is 28.0 Å². The minimum absolute atomic E-state index is 0. The largest absolute Gasteiger partial charge is 0.506 e. The first-order valence-corrected chi connectivity index (χ1v) is 7.06. The first-order valence-electron chi connectivity index (χ1n) is 6.26. The molecule has 1 aromatic carbocycles. The summed E-state index contributed by atoms with van der Waals surface area (Å²) >= 11 is 3.25. The average molecular weight is 390 g/mol. The molecule has 0 bridgehead atoms. The highest BCUT2D eigenvalue weighted by molar-refractivity contribution is 9.10. The second-order valence-electron chi connectivity index (χ2n) is 4.50. The molecule has 1 fully saturated rings. The SMILES string of the molecule is CC[C@@H](c1c(F)ccc(Br)c1O)N1CCNCC1.Cl.Cl. The highest BCUT2D eigenvalue weighted by Crippen LogP contribution is 2.38. The topological polar surface area (TPSA) is 35.5 Å². The molecule has 1 aromatic rings. The van der Waals surface area contributed by atoms with Crippen LogP contribution >= 0.6 is 40.7 Å². The maximum atomic E-state index is 14.0. The molecule has 0 unspecified atom stereocenters. The number of hydrogen-bond donors (Lipinski definition) is 2. The Kier molecular flexibility index (Phi) is 9.02. The Labute approximate surface area is 139 Å². The molecular weight excluding hydrogens is 370 g/mol. The predicted octanol–water partition coefficient (Wildman–Crippen LogP) is 3.49. The van der Waals surface area contributed by atoms with Crippen LogP contribution < -0.4 is 5.32 Å². The molecular formula is C13H20BrCl2FN2O. The summed E-state index contributed by atoms with van der Waals surface area (Å²) in [6.45, 7) is 5.60. The number of piperazine rings is 1. The van der Waals surface area contributed by atoms with E-state index in [1.165, 1.54) is 6.07 Å². The van der Waals surface area contributed by atoms with E-state index < -0.39 is 0 Å². The van der Waals surface area contributed by atoms with Gasteiger partial charge in [0.2, 0.25) is 0 Å². The highest BCUT2D eigenvalue weighted by Gasteiger charge is 2.26. The lowest BCUT2D eigenvalue weighted by Crippen LogP contribution is -2.45. The number of phenolic OH excluding ortho intramolecular Hbond substituents is 1. The Balaban J connectivity index is 0.00000180. The van der Waals surface area contributed by atoms with Crippen molar-refractivity contribution in [3.8, 4) is 5.75 Å². The van der Waals surface area contributed by atoms with E-state index >= 15 is 0 Å². The third kappa shape index (κ3) is 4.21. The lowest BCUT2D eigenvalue weighted by Gasteiger charge is -2.35. The standard InChI is InChI=1S/C13H18BrFN2O.2ClH/c1-2-11(17-7-5-16-6-8-17)12-10(15)4-3-9(14)13(12)18;;/h3-4,11,16,18H,2,5-8H2,1H3;2*1H/t11-;;/m0../s1. The molecule has 2 rings (SSSR count). The predicted molar refractivity (Wildman–Crippen MR) is 87.7 cm³/mol. The van der Waals surface area contributed by atoms with Crippen LogP contribution in [0.5, 0.6) is 5.75 Å². The van der Waals surface area contributed by atoms with Crippen LogP contribution in [-0.2, 0) is 0 Å². The first kappa shape index (κ1) is 19.9. The number of benzene rings is 1. The van der Waals surface area contributed by atoms with Crippen molar-refractivity contribution >= 4 is 40.7 Å². The third-order valence-electron chi connectivity index (χ3n) is 3.43. The van der Waals surface area contributed by atoms with Gasteiger partial charge in [-0.2, -0.15) is 0 Å². The molecule has 0 aliphatic carbocycles. The normalized spacial score (nSPS) is 16.9. The van der Waals surface area contributed by atoms with E-state index in [-0.39, 0.29) is 42.4 Å². The summed E-state index contributed by atoms with van der Waals surface area (Å²) in [5.41, 5.74) is 0.411. The minimum Gasteiger partial charge on any atom is -0.506 e. The fourth-order valence-electron chi connectivity index (χ4n) is 2.51. The summed E-state index contributed by atoms with van der Waals surface area (Å²) < 4.78 is 14.5. The molecule has 1 atom stereocenters. The van der Waals surface area contributed by atoms with Gasteiger partial charge >= 0.3 is 0 Å². The van der Waals surface area contributed by atoms with E-state index in [9.17, 15) is 9.50 Å². The fourth-order valence-corrected chi connectivity index (χ4v) is 2.86. The molecule has 1 aliphatic rings. The van der Waals surface area contributed by atoms with Crippen molar-refractivity contribution in [2.75, 3.05) is 26.2 Å². The van der Waals surface area contributed by atoms with Crippen LogP contribution in [0.15, 0.2) is 16.6 Å². The summed E-state index contributed by atoms with van der Waals surface area (Å²) in [6, 6.07) is 2.88. The van der Waals surface area contributed by atoms with Crippen molar-refractivity contribution in [2.24, 2.45) is 0 Å². The zero-order chi connectivity index (χ0) is 13.1. The molecule has 0 radical (unpaired) electrons. The fraction of sp³-hybridized carbons (Fsp3) is 0.538. The Morgan fingerprint density at radius 1 is 1.35 bits per heavy atom. The van der Waals surface area contributed by atoms with Crippen LogP contribution in [0.2, 0.25) is 0 Å². The number of rotatable bonds is 3. The lowest BCUT2D eigenvalue weighted by atomic mass is 10.00. The maximum absolute atomic E-state index is 14.0. The van der Waals surface area contributed by atoms with E-state index in [1.807, 2.05) is 6.92 Å². The summed E-state index contributed by atoms with van der Waals surface area (Å²) in [5, 5.41) is 13.4. The van der Waals surface area contributed by atoms with Crippen molar-refractivity contribution in [2.45, 2.75) is 19.4 Å². The highest BCUT2D eigenvalue weighted by atomic mass is 79.9. The van der Waals surface area contributed by atoms with Gasteiger partial charge in [0.1, 0.15) is 11.6 Å². The van der Waals surface area contributed by atoms with Crippen LogP contribution in [0.25, 0.3) is 0 Å². The quantitative estimate of drug-likeness (QED) is 0.830. The number of aromatic hydroxyl groups is 1. The van der Waals surface area contributed by atoms with Crippen LogP contribution in [0.1, 0.15) is 24.9 Å². The maximum Gasteiger partial charge on any atom is 0.137 e. The number of phenols is 1. The van der Waals surface area contributed by atoms with Gasteiger partial charge in [-0.05, 0) is 34.5 Å². The molecule has 0 aromatic heterocycles. The minimum atomic E-state index is -0.332. The van der Waals surface area contributed by atoms with E-state index in [0.717, 1.165) is 32.6 Å². The molecule has 20 heavy (non-hydrogen) atoms. The molecule has 116 valence electrons. The second-order valence-corrected chi connectivity index (χ2v) is 5.36. The molecule has 7 heteroatoms. The average Bonchev–Trinajstić information content (AvgIpc) is 2.40. The number of halogens is 4. The summed E-state index contributed by atoms with van der Waals surface area (Å²) in [5.74, 6) is -0.304. The first-order chi connectivity index (χ1) is 8.65. The molecule has 0 amide bonds. The van der Waals surface area contributed by atoms with Gasteiger partial charge < -0.3 is 10.4 Å². The Hall–Kier alpha value is -0.0700. The Bertz CT molecular complexity index is 431. The van der Waals surface area contributed by atoms with Crippen molar-refractivity contribution in [1.82, 2.24) is 10.2 Å². The van der Waals surface area contributed by atoms with Crippen LogP contribution in [-0.4, -0.2) is 36.2 Å². The summed E-state index contributed by atoms with van der Waals surface area (Å²) in [6.07, 6.45) is 0.779. The van der Waals surface area contributed by atoms with E-state index in [0.29, 0.717) is 10.0 Å². The Morgan fingerprint density at radius 3 is 2.50 bits per heavy atom. The smallest absolute Gasteiger partial charge is 0.137 e. The number of nitrogens with zero attached hydrogens (tertiary/aromatic N) is 1. The van der Waals surface area contributed by atoms with Gasteiger partial charge in [0.05, 0.1) is 4.47 Å². The molecule has 2 N–H and O–H groups in total. The molecule has 1 heterocycles. The van der Waals surface area contributed by atoms with Gasteiger partial charge in [-0.15, -0.1) is 24.8 Å². The molecule has 1 saturated heterocycles. The zero-order valence-corrected chi connectivity index (χ0v) is 14.5. The second kappa shape index (κ2) is 9.05. The van der Waals surface area contributed by atoms with Gasteiger partial charge in [0, 0.05) is 37.8 Å². The number of hydrogen-bond acceptors (Lipinski definition) is 3. The van der Waals surface area contributed by atoms with Gasteiger partial charge in [0.25, 0.3) is 0 Å². The van der Waals surface area contributed by atoms with Gasteiger partial charge in [0.15, 0.2) is 0 Å². The van der Waals surface area contributed by atoms with Crippen LogP contribution in [0, 0.1) is 5.82 Å². The molecule has 0 spiro atoms. The zero-order valence-electron chi connectivity index (χ0n) is 11.2. The number of nitrogens with one attached hydrogen (secondary N) is 1. The van der Waals surface area contributed by atoms with E-state index in [1.54, 1.807) is 6.07 Å². The van der Waals surface area contributed by atoms with E-state index in [2.05, 4.69) is 26.1 Å².